The van der Waals surface area contributed by atoms with Crippen molar-refractivity contribution >= 4 is 0 Å². The van der Waals surface area contributed by atoms with E-state index in [1.54, 1.807) is 0 Å². The van der Waals surface area contributed by atoms with E-state index >= 15 is 0 Å². The van der Waals surface area contributed by atoms with Crippen molar-refractivity contribution in [3.63, 3.8) is 0 Å². The predicted octanol–water partition coefficient (Wildman–Crippen LogP) is 3.56. The molecule has 0 saturated carbocycles. The van der Waals surface area contributed by atoms with Crippen molar-refractivity contribution in [1.29, 1.82) is 0 Å². The van der Waals surface area contributed by atoms with E-state index in [0.29, 0.717) is 0 Å². The Bertz CT molecular complexity index is 352. The molecule has 1 heterocycles. The summed E-state index contributed by atoms with van der Waals surface area (Å²) in [6.07, 6.45) is 3.17. The summed E-state index contributed by atoms with van der Waals surface area (Å²) >= 11 is 0. The van der Waals surface area contributed by atoms with Crippen LogP contribution in [0, 0.1) is 19.3 Å². The first-order valence-electron chi connectivity index (χ1n) is 5.91. The second-order valence-corrected chi connectivity index (χ2v) is 5.83. The Balaban J connectivity index is 2.70. The Kier molecular flexibility index (Phi) is 4.09. The molecule has 0 aliphatic rings. The zero-order valence-electron chi connectivity index (χ0n) is 11.0. The van der Waals surface area contributed by atoms with E-state index in [1.807, 2.05) is 20.0 Å². The highest BCUT2D eigenvalue weighted by molar-refractivity contribution is 5.24. The number of aliphatic hydroxyl groups is 1. The van der Waals surface area contributed by atoms with Gasteiger partial charge in [-0.2, -0.15) is 0 Å². The molecule has 1 N–H and O–H groups in total. The fraction of sp³-hybridized carbons (Fsp3) is 0.643. The minimum Gasteiger partial charge on any atom is -0.387 e. The van der Waals surface area contributed by atoms with Gasteiger partial charge < -0.3 is 5.11 Å². The highest BCUT2D eigenvalue weighted by Crippen LogP contribution is 2.27. The van der Waals surface area contributed by atoms with Crippen LogP contribution in [-0.4, -0.2) is 10.1 Å². The zero-order valence-corrected chi connectivity index (χ0v) is 11.0. The molecule has 1 atom stereocenters. The fourth-order valence-electron chi connectivity index (χ4n) is 1.78. The topological polar surface area (TPSA) is 33.1 Å². The van der Waals surface area contributed by atoms with Crippen LogP contribution in [0.2, 0.25) is 0 Å². The summed E-state index contributed by atoms with van der Waals surface area (Å²) in [4.78, 5) is 4.33. The third-order valence-corrected chi connectivity index (χ3v) is 2.74. The minimum absolute atomic E-state index is 0.263. The van der Waals surface area contributed by atoms with Gasteiger partial charge in [0.05, 0.1) is 11.8 Å². The summed E-state index contributed by atoms with van der Waals surface area (Å²) < 4.78 is 0. The minimum atomic E-state index is -0.431. The zero-order chi connectivity index (χ0) is 12.3. The van der Waals surface area contributed by atoms with E-state index in [9.17, 15) is 5.11 Å². The van der Waals surface area contributed by atoms with E-state index in [0.717, 1.165) is 29.7 Å². The molecule has 1 aromatic heterocycles. The van der Waals surface area contributed by atoms with Crippen LogP contribution in [0.4, 0.5) is 0 Å². The summed E-state index contributed by atoms with van der Waals surface area (Å²) in [6.45, 7) is 10.6. The average Bonchev–Trinajstić information content (AvgIpc) is 2.13. The summed E-state index contributed by atoms with van der Waals surface area (Å²) in [7, 11) is 0. The Morgan fingerprint density at radius 1 is 1.31 bits per heavy atom. The van der Waals surface area contributed by atoms with Crippen LogP contribution in [0.5, 0.6) is 0 Å². The van der Waals surface area contributed by atoms with Crippen LogP contribution in [-0.2, 0) is 0 Å². The molecular formula is C14H23NO. The number of aliphatic hydroxyl groups excluding tert-OH is 1. The van der Waals surface area contributed by atoms with Gasteiger partial charge in [-0.25, -0.2) is 0 Å². The van der Waals surface area contributed by atoms with Crippen LogP contribution in [0.3, 0.4) is 0 Å². The largest absolute Gasteiger partial charge is 0.387 e. The number of hydrogen-bond donors (Lipinski definition) is 1. The quantitative estimate of drug-likeness (QED) is 0.846. The van der Waals surface area contributed by atoms with Gasteiger partial charge in [0.25, 0.3) is 0 Å². The molecule has 16 heavy (non-hydrogen) atoms. The van der Waals surface area contributed by atoms with Crippen LogP contribution in [0.15, 0.2) is 12.3 Å². The predicted molar refractivity (Wildman–Crippen MR) is 67.4 cm³/mol. The number of nitrogens with zero attached hydrogens (tertiary/aromatic N) is 1. The van der Waals surface area contributed by atoms with E-state index < -0.39 is 6.10 Å². The number of pyridine rings is 1. The van der Waals surface area contributed by atoms with Crippen molar-refractivity contribution < 1.29 is 5.11 Å². The summed E-state index contributed by atoms with van der Waals surface area (Å²) in [5.74, 6) is 0. The van der Waals surface area contributed by atoms with Gasteiger partial charge in [-0.05, 0) is 43.2 Å². The second kappa shape index (κ2) is 4.96. The van der Waals surface area contributed by atoms with Crippen molar-refractivity contribution in [2.45, 2.75) is 53.6 Å². The molecule has 0 amide bonds. The van der Waals surface area contributed by atoms with Crippen LogP contribution >= 0.6 is 0 Å². The molecule has 0 aliphatic carbocycles. The number of hydrogen-bond acceptors (Lipinski definition) is 2. The molecule has 0 fully saturated rings. The standard InChI is InChI=1S/C14H23NO/c1-10-8-11(2)13(15-9-10)12(16)6-7-14(3,4)5/h8-9,12,16H,6-7H2,1-5H3. The third kappa shape index (κ3) is 3.93. The first kappa shape index (κ1) is 13.2. The lowest BCUT2D eigenvalue weighted by Gasteiger charge is -2.20. The first-order chi connectivity index (χ1) is 7.29. The van der Waals surface area contributed by atoms with Gasteiger partial charge >= 0.3 is 0 Å². The Morgan fingerprint density at radius 2 is 1.94 bits per heavy atom. The van der Waals surface area contributed by atoms with Crippen LogP contribution in [0.25, 0.3) is 0 Å². The third-order valence-electron chi connectivity index (χ3n) is 2.74. The molecule has 1 unspecified atom stereocenters. The molecule has 0 aromatic carbocycles. The van der Waals surface area contributed by atoms with E-state index in [-0.39, 0.29) is 5.41 Å². The molecule has 1 rings (SSSR count). The molecule has 0 saturated heterocycles. The fourth-order valence-corrected chi connectivity index (χ4v) is 1.78. The van der Waals surface area contributed by atoms with Gasteiger partial charge in [0.15, 0.2) is 0 Å². The maximum absolute atomic E-state index is 10.1. The molecule has 0 bridgehead atoms. The van der Waals surface area contributed by atoms with Crippen LogP contribution in [0.1, 0.15) is 56.5 Å². The van der Waals surface area contributed by atoms with Crippen molar-refractivity contribution in [1.82, 2.24) is 4.98 Å². The molecule has 0 aliphatic heterocycles. The Hall–Kier alpha value is -0.890. The van der Waals surface area contributed by atoms with E-state index in [1.165, 1.54) is 0 Å². The molecule has 2 heteroatoms. The van der Waals surface area contributed by atoms with Gasteiger partial charge in [0, 0.05) is 6.20 Å². The highest BCUT2D eigenvalue weighted by atomic mass is 16.3. The Labute approximate surface area is 98.7 Å². The second-order valence-electron chi connectivity index (χ2n) is 5.83. The van der Waals surface area contributed by atoms with Crippen molar-refractivity contribution in [3.05, 3.63) is 29.1 Å². The number of aryl methyl sites for hydroxylation is 2. The molecule has 0 spiro atoms. The number of aromatic nitrogens is 1. The number of rotatable bonds is 3. The summed E-state index contributed by atoms with van der Waals surface area (Å²) in [6, 6.07) is 2.07. The average molecular weight is 221 g/mol. The molecular weight excluding hydrogens is 198 g/mol. The highest BCUT2D eigenvalue weighted by Gasteiger charge is 2.17. The smallest absolute Gasteiger partial charge is 0.0962 e. The lowest BCUT2D eigenvalue weighted by molar-refractivity contribution is 0.142. The van der Waals surface area contributed by atoms with Gasteiger partial charge in [0.1, 0.15) is 0 Å². The van der Waals surface area contributed by atoms with Crippen LogP contribution < -0.4 is 0 Å². The van der Waals surface area contributed by atoms with Gasteiger partial charge in [-0.3, -0.25) is 4.98 Å². The van der Waals surface area contributed by atoms with E-state index in [4.69, 9.17) is 0 Å². The van der Waals surface area contributed by atoms with Crippen molar-refractivity contribution in [2.75, 3.05) is 0 Å². The maximum atomic E-state index is 10.1. The lowest BCUT2D eigenvalue weighted by Crippen LogP contribution is -2.10. The molecule has 0 radical (unpaired) electrons. The van der Waals surface area contributed by atoms with Gasteiger partial charge in [-0.1, -0.05) is 26.8 Å². The molecule has 1 aromatic rings. The first-order valence-corrected chi connectivity index (χ1v) is 5.91. The molecule has 90 valence electrons. The summed E-state index contributed by atoms with van der Waals surface area (Å²) in [5.41, 5.74) is 3.32. The Morgan fingerprint density at radius 3 is 2.44 bits per heavy atom. The maximum Gasteiger partial charge on any atom is 0.0962 e. The summed E-state index contributed by atoms with van der Waals surface area (Å²) in [5, 5.41) is 10.1. The molecule has 2 nitrogen and oxygen atoms in total. The van der Waals surface area contributed by atoms with Gasteiger partial charge in [0.2, 0.25) is 0 Å². The van der Waals surface area contributed by atoms with E-state index in [2.05, 4.69) is 31.8 Å². The van der Waals surface area contributed by atoms with Gasteiger partial charge in [-0.15, -0.1) is 0 Å². The van der Waals surface area contributed by atoms with Crippen molar-refractivity contribution in [3.8, 4) is 0 Å². The normalized spacial score (nSPS) is 13.9. The monoisotopic (exact) mass is 221 g/mol. The van der Waals surface area contributed by atoms with Crippen molar-refractivity contribution in [2.24, 2.45) is 5.41 Å². The SMILES string of the molecule is Cc1cnc(C(O)CCC(C)(C)C)c(C)c1. The lowest BCUT2D eigenvalue weighted by atomic mass is 9.88.